The van der Waals surface area contributed by atoms with Crippen LogP contribution in [-0.4, -0.2) is 37.4 Å². The van der Waals surface area contributed by atoms with Crippen molar-refractivity contribution in [2.45, 2.75) is 24.7 Å². The molecular formula is C27H30ClN3O3. The summed E-state index contributed by atoms with van der Waals surface area (Å²) in [6.45, 7) is 2.22. The van der Waals surface area contributed by atoms with Gasteiger partial charge in [-0.25, -0.2) is 4.79 Å². The number of halogens is 1. The lowest BCUT2D eigenvalue weighted by atomic mass is 9.77. The van der Waals surface area contributed by atoms with Crippen LogP contribution in [-0.2, 0) is 18.2 Å². The average molecular weight is 480 g/mol. The van der Waals surface area contributed by atoms with Crippen LogP contribution in [0, 0.1) is 0 Å². The molecule has 2 heterocycles. The van der Waals surface area contributed by atoms with Crippen LogP contribution in [0.5, 0.6) is 0 Å². The highest BCUT2D eigenvalue weighted by Crippen LogP contribution is 2.41. The lowest BCUT2D eigenvalue weighted by Crippen LogP contribution is -2.34. The van der Waals surface area contributed by atoms with Crippen molar-refractivity contribution in [2.75, 3.05) is 26.7 Å². The molecule has 6 nitrogen and oxygen atoms in total. The van der Waals surface area contributed by atoms with Gasteiger partial charge in [0, 0.05) is 43.3 Å². The van der Waals surface area contributed by atoms with Gasteiger partial charge in [0.15, 0.2) is 0 Å². The van der Waals surface area contributed by atoms with Gasteiger partial charge in [0.1, 0.15) is 0 Å². The Morgan fingerprint density at radius 3 is 2.76 bits per heavy atom. The minimum atomic E-state index is -0.434. The Bertz CT molecular complexity index is 1220. The molecule has 1 fully saturated rings. The number of benzene rings is 2. The Labute approximate surface area is 204 Å². The van der Waals surface area contributed by atoms with Crippen LogP contribution in [0.2, 0.25) is 5.02 Å². The van der Waals surface area contributed by atoms with E-state index in [0.29, 0.717) is 13.0 Å². The Balaban J connectivity index is 1.60. The lowest BCUT2D eigenvalue weighted by molar-refractivity contribution is 0.171. The number of nitrogens with one attached hydrogen (secondary N) is 2. The normalized spacial score (nSPS) is 17.9. The quantitative estimate of drug-likeness (QED) is 0.547. The maximum Gasteiger partial charge on any atom is 0.406 e. The van der Waals surface area contributed by atoms with E-state index in [0.717, 1.165) is 52.4 Å². The van der Waals surface area contributed by atoms with E-state index in [1.807, 2.05) is 30.5 Å². The monoisotopic (exact) mass is 479 g/mol. The van der Waals surface area contributed by atoms with Crippen molar-refractivity contribution in [3.8, 4) is 11.1 Å². The van der Waals surface area contributed by atoms with Crippen molar-refractivity contribution >= 4 is 17.7 Å². The number of aryl methyl sites for hydroxylation is 1. The number of hydrogen-bond donors (Lipinski definition) is 2. The highest BCUT2D eigenvalue weighted by Gasteiger charge is 2.29. The first-order valence-electron chi connectivity index (χ1n) is 11.5. The molecule has 3 aromatic rings. The maximum atomic E-state index is 12.2. The highest BCUT2D eigenvalue weighted by atomic mass is 35.5. The van der Waals surface area contributed by atoms with E-state index in [1.54, 1.807) is 17.7 Å². The van der Waals surface area contributed by atoms with Gasteiger partial charge < -0.3 is 19.9 Å². The van der Waals surface area contributed by atoms with Gasteiger partial charge in [-0.1, -0.05) is 48.0 Å². The molecule has 1 aromatic heterocycles. The molecule has 1 saturated heterocycles. The topological polar surface area (TPSA) is 72.4 Å². The summed E-state index contributed by atoms with van der Waals surface area (Å²) in [5.74, 6) is 0.414. The molecule has 34 heavy (non-hydrogen) atoms. The average Bonchev–Trinajstić information content (AvgIpc) is 2.86. The summed E-state index contributed by atoms with van der Waals surface area (Å²) >= 11 is 6.87. The number of hydrogen-bond acceptors (Lipinski definition) is 4. The first kappa shape index (κ1) is 24.0. The Hall–Kier alpha value is -3.09. The molecule has 0 radical (unpaired) electrons. The number of piperidine rings is 1. The van der Waals surface area contributed by atoms with Crippen molar-refractivity contribution in [3.05, 3.63) is 92.9 Å². The van der Waals surface area contributed by atoms with E-state index >= 15 is 0 Å². The zero-order valence-corrected chi connectivity index (χ0v) is 20.3. The summed E-state index contributed by atoms with van der Waals surface area (Å²) < 4.78 is 6.25. The van der Waals surface area contributed by atoms with E-state index in [2.05, 4.69) is 39.6 Å². The molecule has 2 atom stereocenters. The van der Waals surface area contributed by atoms with Crippen LogP contribution in [0.15, 0.2) is 65.6 Å². The number of pyridine rings is 1. The fourth-order valence-electron chi connectivity index (χ4n) is 4.77. The fraction of sp³-hybridized carbons (Fsp3) is 0.333. The van der Waals surface area contributed by atoms with E-state index in [9.17, 15) is 9.59 Å². The molecule has 0 bridgehead atoms. The Kier molecular flexibility index (Phi) is 7.70. The van der Waals surface area contributed by atoms with E-state index < -0.39 is 6.09 Å². The largest absolute Gasteiger partial charge is 0.453 e. The molecule has 2 N–H and O–H groups in total. The molecule has 4 rings (SSSR count). The summed E-state index contributed by atoms with van der Waals surface area (Å²) in [6, 6.07) is 18.2. The molecule has 1 aliphatic rings. The zero-order valence-electron chi connectivity index (χ0n) is 19.5. The first-order valence-corrected chi connectivity index (χ1v) is 11.9. The number of ether oxygens (including phenoxy) is 1. The molecule has 1 amide bonds. The molecule has 178 valence electrons. The van der Waals surface area contributed by atoms with Gasteiger partial charge in [-0.15, -0.1) is 0 Å². The highest BCUT2D eigenvalue weighted by molar-refractivity contribution is 6.31. The summed E-state index contributed by atoms with van der Waals surface area (Å²) in [5, 5.41) is 6.95. The lowest BCUT2D eigenvalue weighted by Gasteiger charge is -2.33. The zero-order chi connectivity index (χ0) is 24.1. The standard InChI is InChI=1S/C27H30ClN3O3/c1-31-14-11-20(16-26(31)32)22-10-12-29-17-24(22)23-8-7-19(15-25(23)28)21-6-4-3-5-18(21)9-13-30-27(33)34-2/h3-8,11,14-16,22,24,29H,9-10,12-13,17H2,1-2H3,(H,30,33)/t22-,24+/m0/s1. The minimum absolute atomic E-state index is 0.00882. The molecule has 0 spiro atoms. The summed E-state index contributed by atoms with van der Waals surface area (Å²) in [7, 11) is 3.13. The second-order valence-corrected chi connectivity index (χ2v) is 9.08. The minimum Gasteiger partial charge on any atom is -0.453 e. The fourth-order valence-corrected chi connectivity index (χ4v) is 5.09. The van der Waals surface area contributed by atoms with E-state index in [4.69, 9.17) is 11.6 Å². The number of aromatic nitrogens is 1. The smallest absolute Gasteiger partial charge is 0.406 e. The molecule has 1 aliphatic heterocycles. The van der Waals surface area contributed by atoms with Crippen LogP contribution >= 0.6 is 11.6 Å². The Morgan fingerprint density at radius 1 is 1.18 bits per heavy atom. The number of methoxy groups -OCH3 is 1. The van der Waals surface area contributed by atoms with Gasteiger partial charge in [-0.3, -0.25) is 4.79 Å². The molecule has 0 saturated carbocycles. The van der Waals surface area contributed by atoms with Crippen LogP contribution in [0.4, 0.5) is 4.79 Å². The van der Waals surface area contributed by atoms with Crippen LogP contribution in [0.25, 0.3) is 11.1 Å². The van der Waals surface area contributed by atoms with Gasteiger partial charge in [-0.2, -0.15) is 0 Å². The van der Waals surface area contributed by atoms with Crippen molar-refractivity contribution in [3.63, 3.8) is 0 Å². The third kappa shape index (κ3) is 5.34. The second kappa shape index (κ2) is 10.9. The van der Waals surface area contributed by atoms with Crippen molar-refractivity contribution < 1.29 is 9.53 Å². The molecule has 2 aromatic carbocycles. The number of amides is 1. The van der Waals surface area contributed by atoms with Crippen LogP contribution in [0.1, 0.15) is 34.9 Å². The van der Waals surface area contributed by atoms with Crippen LogP contribution in [0.3, 0.4) is 0 Å². The van der Waals surface area contributed by atoms with Gasteiger partial charge in [0.05, 0.1) is 7.11 Å². The number of rotatable bonds is 6. The number of nitrogens with zero attached hydrogens (tertiary/aromatic N) is 1. The van der Waals surface area contributed by atoms with Crippen molar-refractivity contribution in [2.24, 2.45) is 7.05 Å². The van der Waals surface area contributed by atoms with Gasteiger partial charge in [-0.05, 0) is 65.3 Å². The van der Waals surface area contributed by atoms with Crippen molar-refractivity contribution in [1.29, 1.82) is 0 Å². The molecule has 0 unspecified atom stereocenters. The second-order valence-electron chi connectivity index (χ2n) is 8.68. The van der Waals surface area contributed by atoms with E-state index in [1.165, 1.54) is 7.11 Å². The van der Waals surface area contributed by atoms with Crippen molar-refractivity contribution in [1.82, 2.24) is 15.2 Å². The summed E-state index contributed by atoms with van der Waals surface area (Å²) in [6.07, 6.45) is 3.04. The first-order chi connectivity index (χ1) is 16.5. The molecule has 7 heteroatoms. The Morgan fingerprint density at radius 2 is 2.00 bits per heavy atom. The van der Waals surface area contributed by atoms with Crippen LogP contribution < -0.4 is 16.2 Å². The number of carbonyl (C=O) groups excluding carboxylic acids is 1. The predicted octanol–water partition coefficient (Wildman–Crippen LogP) is 4.46. The number of carbonyl (C=O) groups is 1. The summed E-state index contributed by atoms with van der Waals surface area (Å²) in [5.41, 5.74) is 5.42. The molecule has 0 aliphatic carbocycles. The van der Waals surface area contributed by atoms with Gasteiger partial charge in [0.2, 0.25) is 0 Å². The SMILES string of the molecule is COC(=O)NCCc1ccccc1-c1ccc([C@@H]2CNCC[C@H]2c2ccn(C)c(=O)c2)c(Cl)c1. The third-order valence-corrected chi connectivity index (χ3v) is 6.94. The molecular weight excluding hydrogens is 450 g/mol. The number of alkyl carbamates (subject to hydrolysis) is 1. The van der Waals surface area contributed by atoms with Gasteiger partial charge >= 0.3 is 6.09 Å². The predicted molar refractivity (Wildman–Crippen MR) is 136 cm³/mol. The van der Waals surface area contributed by atoms with E-state index in [-0.39, 0.29) is 17.4 Å². The third-order valence-electron chi connectivity index (χ3n) is 6.62. The maximum absolute atomic E-state index is 12.2. The van der Waals surface area contributed by atoms with Gasteiger partial charge in [0.25, 0.3) is 5.56 Å². The summed E-state index contributed by atoms with van der Waals surface area (Å²) in [4.78, 5) is 23.6.